The fourth-order valence-electron chi connectivity index (χ4n) is 1.21. The maximum atomic E-state index is 10.5. The zero-order valence-electron chi connectivity index (χ0n) is 8.34. The standard InChI is InChI=1S/C9H6Cl2N4O2/c10-5-1-6(11)3-7(2-5)15-13-8(12-14-15)4-9(16)17/h1-3H,4H2,(H,16,17). The molecule has 0 amide bonds. The first-order valence-corrected chi connectivity index (χ1v) is 5.27. The maximum absolute atomic E-state index is 10.5. The Hall–Kier alpha value is -1.66. The SMILES string of the molecule is O=C(O)Cc1nnn(-c2cc(Cl)cc(Cl)c2)n1. The number of rotatable bonds is 3. The van der Waals surface area contributed by atoms with Crippen LogP contribution in [0.25, 0.3) is 5.69 Å². The molecule has 2 rings (SSSR count). The van der Waals surface area contributed by atoms with E-state index in [-0.39, 0.29) is 12.2 Å². The molecule has 17 heavy (non-hydrogen) atoms. The molecule has 1 heterocycles. The molecular weight excluding hydrogens is 267 g/mol. The molecule has 0 aliphatic heterocycles. The molecule has 1 N–H and O–H groups in total. The van der Waals surface area contributed by atoms with Gasteiger partial charge in [-0.3, -0.25) is 4.79 Å². The van der Waals surface area contributed by atoms with Crippen molar-refractivity contribution >= 4 is 29.2 Å². The first-order chi connectivity index (χ1) is 8.04. The summed E-state index contributed by atoms with van der Waals surface area (Å²) in [6, 6.07) is 4.76. The second-order valence-corrected chi connectivity index (χ2v) is 4.07. The number of nitrogens with zero attached hydrogens (tertiary/aromatic N) is 4. The zero-order valence-corrected chi connectivity index (χ0v) is 9.85. The molecule has 0 radical (unpaired) electrons. The van der Waals surface area contributed by atoms with Gasteiger partial charge in [-0.25, -0.2) is 0 Å². The van der Waals surface area contributed by atoms with E-state index in [9.17, 15) is 4.79 Å². The molecule has 88 valence electrons. The van der Waals surface area contributed by atoms with Crippen LogP contribution >= 0.6 is 23.2 Å². The summed E-state index contributed by atoms with van der Waals surface area (Å²) in [7, 11) is 0. The lowest BCUT2D eigenvalue weighted by atomic mass is 10.3. The van der Waals surface area contributed by atoms with E-state index in [2.05, 4.69) is 15.4 Å². The highest BCUT2D eigenvalue weighted by molar-refractivity contribution is 6.34. The minimum Gasteiger partial charge on any atom is -0.481 e. The van der Waals surface area contributed by atoms with Crippen molar-refractivity contribution in [3.63, 3.8) is 0 Å². The third kappa shape index (κ3) is 2.92. The predicted octanol–water partition coefficient (Wildman–Crippen LogP) is 1.60. The molecule has 0 aliphatic rings. The summed E-state index contributed by atoms with van der Waals surface area (Å²) < 4.78 is 0. The first kappa shape index (κ1) is 11.8. The number of benzene rings is 1. The van der Waals surface area contributed by atoms with Crippen LogP contribution < -0.4 is 0 Å². The van der Waals surface area contributed by atoms with Crippen molar-refractivity contribution in [2.75, 3.05) is 0 Å². The molecule has 0 atom stereocenters. The number of halogens is 2. The van der Waals surface area contributed by atoms with Crippen molar-refractivity contribution in [3.8, 4) is 5.69 Å². The Kier molecular flexibility index (Phi) is 3.26. The summed E-state index contributed by atoms with van der Waals surface area (Å²) in [5.74, 6) is -0.901. The number of aliphatic carboxylic acids is 1. The summed E-state index contributed by atoms with van der Waals surface area (Å²) in [5, 5.41) is 20.7. The van der Waals surface area contributed by atoms with Crippen molar-refractivity contribution in [2.45, 2.75) is 6.42 Å². The molecule has 6 nitrogen and oxygen atoms in total. The third-order valence-corrected chi connectivity index (χ3v) is 2.28. The molecule has 0 saturated heterocycles. The number of carboxylic acids is 1. The zero-order chi connectivity index (χ0) is 12.4. The average molecular weight is 273 g/mol. The monoisotopic (exact) mass is 272 g/mol. The number of carboxylic acid groups (broad SMARTS) is 1. The maximum Gasteiger partial charge on any atom is 0.311 e. The van der Waals surface area contributed by atoms with E-state index in [1.165, 1.54) is 4.80 Å². The van der Waals surface area contributed by atoms with Gasteiger partial charge in [0.1, 0.15) is 6.42 Å². The van der Waals surface area contributed by atoms with E-state index >= 15 is 0 Å². The second-order valence-electron chi connectivity index (χ2n) is 3.19. The van der Waals surface area contributed by atoms with Crippen LogP contribution in [0.5, 0.6) is 0 Å². The topological polar surface area (TPSA) is 80.9 Å². The number of hydrogen-bond acceptors (Lipinski definition) is 4. The Labute approximate surface area is 106 Å². The first-order valence-electron chi connectivity index (χ1n) is 4.52. The van der Waals surface area contributed by atoms with Gasteiger partial charge in [0.2, 0.25) is 0 Å². The number of hydrogen-bond donors (Lipinski definition) is 1. The van der Waals surface area contributed by atoms with Crippen molar-refractivity contribution in [2.24, 2.45) is 0 Å². The largest absolute Gasteiger partial charge is 0.481 e. The van der Waals surface area contributed by atoms with Crippen LogP contribution in [0.2, 0.25) is 10.0 Å². The van der Waals surface area contributed by atoms with E-state index < -0.39 is 5.97 Å². The van der Waals surface area contributed by atoms with Gasteiger partial charge in [0, 0.05) is 10.0 Å². The van der Waals surface area contributed by atoms with E-state index in [1.807, 2.05) is 0 Å². The van der Waals surface area contributed by atoms with Crippen LogP contribution in [-0.4, -0.2) is 31.3 Å². The smallest absolute Gasteiger partial charge is 0.311 e. The second kappa shape index (κ2) is 4.68. The highest BCUT2D eigenvalue weighted by Crippen LogP contribution is 2.20. The molecule has 8 heteroatoms. The Morgan fingerprint density at radius 3 is 2.53 bits per heavy atom. The van der Waals surface area contributed by atoms with Crippen LogP contribution in [0.15, 0.2) is 18.2 Å². The molecule has 0 aliphatic carbocycles. The molecule has 0 spiro atoms. The normalized spacial score (nSPS) is 10.5. The highest BCUT2D eigenvalue weighted by Gasteiger charge is 2.09. The van der Waals surface area contributed by atoms with Gasteiger partial charge >= 0.3 is 5.97 Å². The lowest BCUT2D eigenvalue weighted by molar-refractivity contribution is -0.136. The lowest BCUT2D eigenvalue weighted by Gasteiger charge is -1.99. The number of aromatic nitrogens is 4. The molecule has 0 unspecified atom stereocenters. The minimum absolute atomic E-state index is 0.119. The molecule has 0 saturated carbocycles. The van der Waals surface area contributed by atoms with E-state index in [4.69, 9.17) is 28.3 Å². The van der Waals surface area contributed by atoms with Gasteiger partial charge in [0.15, 0.2) is 5.82 Å². The van der Waals surface area contributed by atoms with Crippen LogP contribution in [0.3, 0.4) is 0 Å². The van der Waals surface area contributed by atoms with Gasteiger partial charge in [-0.2, -0.15) is 0 Å². The Morgan fingerprint density at radius 1 is 1.29 bits per heavy atom. The van der Waals surface area contributed by atoms with Crippen LogP contribution in [0, 0.1) is 0 Å². The fourth-order valence-corrected chi connectivity index (χ4v) is 1.73. The van der Waals surface area contributed by atoms with E-state index in [1.54, 1.807) is 18.2 Å². The summed E-state index contributed by atoms with van der Waals surface area (Å²) in [4.78, 5) is 11.6. The summed E-state index contributed by atoms with van der Waals surface area (Å²) in [6.45, 7) is 0. The highest BCUT2D eigenvalue weighted by atomic mass is 35.5. The number of tetrazole rings is 1. The van der Waals surface area contributed by atoms with Crippen LogP contribution in [0.4, 0.5) is 0 Å². The summed E-state index contributed by atoms with van der Waals surface area (Å²) >= 11 is 11.6. The van der Waals surface area contributed by atoms with Crippen LogP contribution in [-0.2, 0) is 11.2 Å². The average Bonchev–Trinajstić information content (AvgIpc) is 2.63. The fraction of sp³-hybridized carbons (Fsp3) is 0.111. The quantitative estimate of drug-likeness (QED) is 0.918. The van der Waals surface area contributed by atoms with Gasteiger partial charge in [-0.1, -0.05) is 23.2 Å². The predicted molar refractivity (Wildman–Crippen MR) is 60.5 cm³/mol. The Bertz CT molecular complexity index is 550. The van der Waals surface area contributed by atoms with Gasteiger partial charge in [-0.05, 0) is 23.4 Å². The molecule has 0 bridgehead atoms. The van der Waals surface area contributed by atoms with E-state index in [0.29, 0.717) is 15.7 Å². The van der Waals surface area contributed by atoms with E-state index in [0.717, 1.165) is 0 Å². The molecular formula is C9H6Cl2N4O2. The van der Waals surface area contributed by atoms with Crippen molar-refractivity contribution in [3.05, 3.63) is 34.1 Å². The van der Waals surface area contributed by atoms with Crippen molar-refractivity contribution in [1.29, 1.82) is 0 Å². The van der Waals surface area contributed by atoms with Gasteiger partial charge < -0.3 is 5.11 Å². The third-order valence-electron chi connectivity index (χ3n) is 1.84. The van der Waals surface area contributed by atoms with Crippen LogP contribution in [0.1, 0.15) is 5.82 Å². The number of carbonyl (C=O) groups is 1. The van der Waals surface area contributed by atoms with Crippen molar-refractivity contribution in [1.82, 2.24) is 20.2 Å². The summed E-state index contributed by atoms with van der Waals surface area (Å²) in [6.07, 6.45) is -0.283. The molecule has 2 aromatic rings. The van der Waals surface area contributed by atoms with Gasteiger partial charge in [-0.15, -0.1) is 15.0 Å². The van der Waals surface area contributed by atoms with Gasteiger partial charge in [0.25, 0.3) is 0 Å². The van der Waals surface area contributed by atoms with Crippen molar-refractivity contribution < 1.29 is 9.90 Å². The summed E-state index contributed by atoms with van der Waals surface area (Å²) in [5.41, 5.74) is 0.520. The molecule has 0 fully saturated rings. The Morgan fingerprint density at radius 2 is 1.94 bits per heavy atom. The minimum atomic E-state index is -1.02. The Balaban J connectivity index is 2.33. The van der Waals surface area contributed by atoms with Gasteiger partial charge in [0.05, 0.1) is 5.69 Å². The molecule has 1 aromatic heterocycles. The molecule has 1 aromatic carbocycles. The lowest BCUT2D eigenvalue weighted by Crippen LogP contribution is -2.03.